The molecule has 1 aromatic carbocycles. The van der Waals surface area contributed by atoms with Crippen molar-refractivity contribution in [1.82, 2.24) is 15.3 Å². The molecule has 2 aromatic rings. The van der Waals surface area contributed by atoms with Crippen LogP contribution in [0.2, 0.25) is 0 Å². The van der Waals surface area contributed by atoms with Gasteiger partial charge in [0.05, 0.1) is 11.4 Å². The first-order valence-corrected chi connectivity index (χ1v) is 6.68. The van der Waals surface area contributed by atoms with Crippen LogP contribution in [0.15, 0.2) is 36.7 Å². The van der Waals surface area contributed by atoms with Crippen LogP contribution in [0.25, 0.3) is 0 Å². The highest BCUT2D eigenvalue weighted by molar-refractivity contribution is 5.25. The van der Waals surface area contributed by atoms with Gasteiger partial charge in [0, 0.05) is 24.5 Å². The van der Waals surface area contributed by atoms with Crippen molar-refractivity contribution in [2.45, 2.75) is 39.8 Å². The SMILES string of the molecule is Cc1cccc([C@@H](C)NC(C)c2nccnc2C)c1. The van der Waals surface area contributed by atoms with Crippen LogP contribution >= 0.6 is 0 Å². The number of nitrogens with zero attached hydrogens (tertiary/aromatic N) is 2. The molecule has 0 amide bonds. The molecule has 0 saturated carbocycles. The van der Waals surface area contributed by atoms with E-state index in [9.17, 15) is 0 Å². The summed E-state index contributed by atoms with van der Waals surface area (Å²) in [4.78, 5) is 8.71. The third kappa shape index (κ3) is 3.38. The van der Waals surface area contributed by atoms with E-state index >= 15 is 0 Å². The molecule has 0 aliphatic heterocycles. The van der Waals surface area contributed by atoms with Crippen molar-refractivity contribution in [3.63, 3.8) is 0 Å². The predicted molar refractivity (Wildman–Crippen MR) is 77.9 cm³/mol. The largest absolute Gasteiger partial charge is 0.302 e. The summed E-state index contributed by atoms with van der Waals surface area (Å²) in [6, 6.07) is 9.06. The second kappa shape index (κ2) is 5.93. The zero-order valence-corrected chi connectivity index (χ0v) is 12.0. The maximum Gasteiger partial charge on any atom is 0.0782 e. The van der Waals surface area contributed by atoms with Crippen molar-refractivity contribution in [3.8, 4) is 0 Å². The first-order chi connectivity index (χ1) is 9.08. The lowest BCUT2D eigenvalue weighted by atomic mass is 10.0. The fraction of sp³-hybridized carbons (Fsp3) is 0.375. The molecule has 1 heterocycles. The topological polar surface area (TPSA) is 37.8 Å². The fourth-order valence-corrected chi connectivity index (χ4v) is 2.33. The van der Waals surface area contributed by atoms with Crippen molar-refractivity contribution < 1.29 is 0 Å². The Kier molecular flexibility index (Phi) is 4.27. The lowest BCUT2D eigenvalue weighted by Crippen LogP contribution is -2.24. The number of aryl methyl sites for hydroxylation is 2. The summed E-state index contributed by atoms with van der Waals surface area (Å²) in [5, 5.41) is 3.58. The Morgan fingerprint density at radius 1 is 1.00 bits per heavy atom. The molecule has 0 aliphatic carbocycles. The molecule has 3 heteroatoms. The van der Waals surface area contributed by atoms with Gasteiger partial charge in [-0.05, 0) is 33.3 Å². The van der Waals surface area contributed by atoms with Gasteiger partial charge in [-0.25, -0.2) is 0 Å². The summed E-state index contributed by atoms with van der Waals surface area (Å²) in [6.45, 7) is 8.42. The summed E-state index contributed by atoms with van der Waals surface area (Å²) < 4.78 is 0. The molecule has 0 bridgehead atoms. The van der Waals surface area contributed by atoms with E-state index in [0.717, 1.165) is 11.4 Å². The van der Waals surface area contributed by atoms with Crippen LogP contribution in [0.1, 0.15) is 48.4 Å². The molecule has 1 N–H and O–H groups in total. The number of hydrogen-bond acceptors (Lipinski definition) is 3. The zero-order chi connectivity index (χ0) is 13.8. The molecule has 0 radical (unpaired) electrons. The molecule has 0 fully saturated rings. The minimum atomic E-state index is 0.184. The zero-order valence-electron chi connectivity index (χ0n) is 12.0. The average molecular weight is 255 g/mol. The van der Waals surface area contributed by atoms with Crippen LogP contribution < -0.4 is 5.32 Å². The van der Waals surface area contributed by atoms with Crippen LogP contribution in [0, 0.1) is 13.8 Å². The molecule has 0 saturated heterocycles. The molecule has 100 valence electrons. The highest BCUT2D eigenvalue weighted by atomic mass is 15.0. The second-order valence-corrected chi connectivity index (χ2v) is 5.05. The molecule has 19 heavy (non-hydrogen) atoms. The summed E-state index contributed by atoms with van der Waals surface area (Å²) in [5.41, 5.74) is 4.59. The second-order valence-electron chi connectivity index (χ2n) is 5.05. The van der Waals surface area contributed by atoms with E-state index < -0.39 is 0 Å². The van der Waals surface area contributed by atoms with Crippen molar-refractivity contribution in [2.24, 2.45) is 0 Å². The van der Waals surface area contributed by atoms with Gasteiger partial charge < -0.3 is 5.32 Å². The molecule has 3 nitrogen and oxygen atoms in total. The van der Waals surface area contributed by atoms with E-state index in [4.69, 9.17) is 0 Å². The highest BCUT2D eigenvalue weighted by Gasteiger charge is 2.14. The first kappa shape index (κ1) is 13.7. The van der Waals surface area contributed by atoms with Gasteiger partial charge in [0.2, 0.25) is 0 Å². The first-order valence-electron chi connectivity index (χ1n) is 6.68. The van der Waals surface area contributed by atoms with Crippen LogP contribution in [0.5, 0.6) is 0 Å². The van der Waals surface area contributed by atoms with Crippen LogP contribution in [0.4, 0.5) is 0 Å². The van der Waals surface area contributed by atoms with Crippen molar-refractivity contribution in [2.75, 3.05) is 0 Å². The normalized spacial score (nSPS) is 14.1. The molecule has 2 atom stereocenters. The van der Waals surface area contributed by atoms with Crippen molar-refractivity contribution in [1.29, 1.82) is 0 Å². The Morgan fingerprint density at radius 2 is 1.74 bits per heavy atom. The Bertz CT molecular complexity index is 551. The lowest BCUT2D eigenvalue weighted by molar-refractivity contribution is 0.482. The smallest absolute Gasteiger partial charge is 0.0782 e. The van der Waals surface area contributed by atoms with Crippen LogP contribution in [-0.2, 0) is 0 Å². The monoisotopic (exact) mass is 255 g/mol. The van der Waals surface area contributed by atoms with Crippen molar-refractivity contribution >= 4 is 0 Å². The summed E-state index contributed by atoms with van der Waals surface area (Å²) in [7, 11) is 0. The van der Waals surface area contributed by atoms with Gasteiger partial charge in [0.1, 0.15) is 0 Å². The molecular formula is C16H21N3. The van der Waals surface area contributed by atoms with Gasteiger partial charge in [-0.15, -0.1) is 0 Å². The Hall–Kier alpha value is -1.74. The van der Waals surface area contributed by atoms with Gasteiger partial charge in [-0.2, -0.15) is 0 Å². The number of benzene rings is 1. The van der Waals surface area contributed by atoms with E-state index in [1.165, 1.54) is 11.1 Å². The molecule has 2 rings (SSSR count). The molecule has 0 aliphatic rings. The minimum Gasteiger partial charge on any atom is -0.302 e. The lowest BCUT2D eigenvalue weighted by Gasteiger charge is -2.21. The Balaban J connectivity index is 2.11. The van der Waals surface area contributed by atoms with E-state index in [1.54, 1.807) is 12.4 Å². The Morgan fingerprint density at radius 3 is 2.42 bits per heavy atom. The quantitative estimate of drug-likeness (QED) is 0.908. The number of nitrogens with one attached hydrogen (secondary N) is 1. The van der Waals surface area contributed by atoms with E-state index in [0.29, 0.717) is 0 Å². The van der Waals surface area contributed by atoms with Gasteiger partial charge in [0.25, 0.3) is 0 Å². The van der Waals surface area contributed by atoms with Gasteiger partial charge in [-0.3, -0.25) is 9.97 Å². The summed E-state index contributed by atoms with van der Waals surface area (Å²) in [6.07, 6.45) is 3.48. The van der Waals surface area contributed by atoms with Gasteiger partial charge in [0.15, 0.2) is 0 Å². The third-order valence-corrected chi connectivity index (χ3v) is 3.37. The van der Waals surface area contributed by atoms with Gasteiger partial charge >= 0.3 is 0 Å². The van der Waals surface area contributed by atoms with Gasteiger partial charge in [-0.1, -0.05) is 29.8 Å². The molecule has 1 unspecified atom stereocenters. The number of hydrogen-bond donors (Lipinski definition) is 1. The predicted octanol–water partition coefficient (Wildman–Crippen LogP) is 3.51. The highest BCUT2D eigenvalue weighted by Crippen LogP contribution is 2.19. The summed E-state index contributed by atoms with van der Waals surface area (Å²) >= 11 is 0. The maximum absolute atomic E-state index is 4.42. The van der Waals surface area contributed by atoms with E-state index in [2.05, 4.69) is 60.3 Å². The van der Waals surface area contributed by atoms with Crippen molar-refractivity contribution in [3.05, 3.63) is 59.2 Å². The standard InChI is InChI=1S/C16H21N3/c1-11-6-5-7-15(10-11)12(2)19-14(4)16-13(3)17-8-9-18-16/h5-10,12,14,19H,1-4H3/t12-,14?/m1/s1. The fourth-order valence-electron chi connectivity index (χ4n) is 2.33. The van der Waals surface area contributed by atoms with E-state index in [1.807, 2.05) is 6.92 Å². The van der Waals surface area contributed by atoms with E-state index in [-0.39, 0.29) is 12.1 Å². The third-order valence-electron chi connectivity index (χ3n) is 3.37. The Labute approximate surface area is 115 Å². The molecular weight excluding hydrogens is 234 g/mol. The maximum atomic E-state index is 4.42. The van der Waals surface area contributed by atoms with Crippen LogP contribution in [0.3, 0.4) is 0 Å². The summed E-state index contributed by atoms with van der Waals surface area (Å²) in [5.74, 6) is 0. The molecule has 1 aromatic heterocycles. The minimum absolute atomic E-state index is 0.184. The number of aromatic nitrogens is 2. The van der Waals surface area contributed by atoms with Crippen LogP contribution in [-0.4, -0.2) is 9.97 Å². The average Bonchev–Trinajstić information content (AvgIpc) is 2.39. The molecule has 0 spiro atoms. The number of rotatable bonds is 4.